The maximum absolute atomic E-state index is 12.5. The van der Waals surface area contributed by atoms with Crippen LogP contribution >= 0.6 is 0 Å². The van der Waals surface area contributed by atoms with Gasteiger partial charge in [0.2, 0.25) is 0 Å². The van der Waals surface area contributed by atoms with E-state index in [9.17, 15) is 9.59 Å². The number of nitrogens with zero attached hydrogens (tertiary/aromatic N) is 3. The third-order valence-electron chi connectivity index (χ3n) is 3.75. The Hall–Kier alpha value is -3.48. The van der Waals surface area contributed by atoms with E-state index in [4.69, 9.17) is 5.73 Å². The maximum atomic E-state index is 12.5. The van der Waals surface area contributed by atoms with Gasteiger partial charge in [0.1, 0.15) is 11.8 Å². The van der Waals surface area contributed by atoms with Crippen molar-refractivity contribution in [2.75, 3.05) is 5.32 Å². The molecule has 0 fully saturated rings. The lowest BCUT2D eigenvalue weighted by Crippen LogP contribution is -2.12. The predicted molar refractivity (Wildman–Crippen MR) is 95.1 cm³/mol. The van der Waals surface area contributed by atoms with Crippen LogP contribution in [0.2, 0.25) is 0 Å². The van der Waals surface area contributed by atoms with Crippen LogP contribution in [-0.4, -0.2) is 26.8 Å². The van der Waals surface area contributed by atoms with Gasteiger partial charge in [-0.3, -0.25) is 9.59 Å². The largest absolute Gasteiger partial charge is 0.398 e. The number of carbonyl (C=O) groups is 2. The topological polar surface area (TPSA) is 102 Å². The van der Waals surface area contributed by atoms with Crippen LogP contribution in [-0.2, 0) is 4.79 Å². The fraction of sp³-hybridized carbons (Fsp3) is 0.111. The summed E-state index contributed by atoms with van der Waals surface area (Å²) < 4.78 is 1.63. The number of hydrogen-bond donors (Lipinski definition) is 2. The number of rotatable bonds is 4. The number of hydrogen-bond acceptors (Lipinski definition) is 5. The first-order valence-electron chi connectivity index (χ1n) is 7.64. The number of anilines is 1. The first-order valence-corrected chi connectivity index (χ1v) is 7.64. The molecule has 25 heavy (non-hydrogen) atoms. The van der Waals surface area contributed by atoms with Crippen LogP contribution in [0.15, 0.2) is 42.6 Å². The van der Waals surface area contributed by atoms with Gasteiger partial charge in [0.15, 0.2) is 5.65 Å². The smallest absolute Gasteiger partial charge is 0.261 e. The molecular weight excluding hydrogens is 318 g/mol. The van der Waals surface area contributed by atoms with Crippen molar-refractivity contribution in [1.29, 1.82) is 0 Å². The molecule has 0 saturated carbocycles. The molecule has 0 atom stereocenters. The summed E-state index contributed by atoms with van der Waals surface area (Å²) in [6.45, 7) is 3.78. The molecule has 3 N–H and O–H groups in total. The molecule has 2 aromatic heterocycles. The molecule has 0 saturated heterocycles. The number of benzene rings is 1. The predicted octanol–water partition coefficient (Wildman–Crippen LogP) is 2.10. The monoisotopic (exact) mass is 335 g/mol. The van der Waals surface area contributed by atoms with E-state index < -0.39 is 0 Å². The summed E-state index contributed by atoms with van der Waals surface area (Å²) in [4.78, 5) is 27.4. The van der Waals surface area contributed by atoms with Crippen LogP contribution in [0.1, 0.15) is 27.3 Å². The van der Waals surface area contributed by atoms with E-state index in [1.54, 1.807) is 28.8 Å². The Morgan fingerprint density at radius 2 is 1.96 bits per heavy atom. The third kappa shape index (κ3) is 3.25. The molecule has 0 aliphatic heterocycles. The SMILES string of the molecule is Cc1cc(C)n2ncc(C(=O)Nc3ccc(C(N)=CC=O)cc3)c2n1. The van der Waals surface area contributed by atoms with Gasteiger partial charge in [-0.05, 0) is 37.6 Å². The minimum absolute atomic E-state index is 0.295. The minimum atomic E-state index is -0.295. The summed E-state index contributed by atoms with van der Waals surface area (Å²) in [5.41, 5.74) is 10.1. The number of nitrogens with two attached hydrogens (primary N) is 1. The first-order chi connectivity index (χ1) is 12.0. The zero-order valence-electron chi connectivity index (χ0n) is 13.9. The van der Waals surface area contributed by atoms with Crippen LogP contribution in [0.3, 0.4) is 0 Å². The van der Waals surface area contributed by atoms with Crippen molar-refractivity contribution < 1.29 is 9.59 Å². The Balaban J connectivity index is 1.85. The molecule has 126 valence electrons. The van der Waals surface area contributed by atoms with Gasteiger partial charge in [0, 0.05) is 28.8 Å². The number of nitrogens with one attached hydrogen (secondary N) is 1. The number of aldehydes is 1. The molecule has 2 heterocycles. The molecule has 0 aliphatic rings. The van der Waals surface area contributed by atoms with Crippen LogP contribution in [0.5, 0.6) is 0 Å². The summed E-state index contributed by atoms with van der Waals surface area (Å²) in [7, 11) is 0. The molecule has 0 spiro atoms. The second kappa shape index (κ2) is 6.56. The number of aryl methyl sites for hydroxylation is 2. The van der Waals surface area contributed by atoms with Crippen molar-refractivity contribution in [2.45, 2.75) is 13.8 Å². The molecule has 3 rings (SSSR count). The Labute approximate surface area is 144 Å². The highest BCUT2D eigenvalue weighted by Gasteiger charge is 2.15. The van der Waals surface area contributed by atoms with Crippen LogP contribution < -0.4 is 11.1 Å². The second-order valence-corrected chi connectivity index (χ2v) is 5.62. The van der Waals surface area contributed by atoms with E-state index in [1.165, 1.54) is 12.3 Å². The lowest BCUT2D eigenvalue weighted by Gasteiger charge is -2.06. The van der Waals surface area contributed by atoms with Crippen molar-refractivity contribution in [3.8, 4) is 0 Å². The van der Waals surface area contributed by atoms with Crippen molar-refractivity contribution in [2.24, 2.45) is 5.73 Å². The van der Waals surface area contributed by atoms with Crippen molar-refractivity contribution in [1.82, 2.24) is 14.6 Å². The van der Waals surface area contributed by atoms with E-state index in [2.05, 4.69) is 15.4 Å². The van der Waals surface area contributed by atoms with Gasteiger partial charge in [-0.1, -0.05) is 12.1 Å². The van der Waals surface area contributed by atoms with Gasteiger partial charge in [-0.25, -0.2) is 9.50 Å². The van der Waals surface area contributed by atoms with E-state index >= 15 is 0 Å². The van der Waals surface area contributed by atoms with Crippen LogP contribution in [0, 0.1) is 13.8 Å². The van der Waals surface area contributed by atoms with Gasteiger partial charge < -0.3 is 11.1 Å². The number of aromatic nitrogens is 3. The van der Waals surface area contributed by atoms with Gasteiger partial charge in [0.25, 0.3) is 5.91 Å². The molecule has 7 heteroatoms. The average molecular weight is 335 g/mol. The van der Waals surface area contributed by atoms with Crippen molar-refractivity contribution in [3.05, 3.63) is 65.1 Å². The molecule has 0 unspecified atom stereocenters. The lowest BCUT2D eigenvalue weighted by atomic mass is 10.1. The molecule has 0 radical (unpaired) electrons. The number of allylic oxidation sites excluding steroid dienone is 1. The van der Waals surface area contributed by atoms with E-state index in [-0.39, 0.29) is 5.91 Å². The second-order valence-electron chi connectivity index (χ2n) is 5.62. The number of carbonyl (C=O) groups excluding carboxylic acids is 2. The van der Waals surface area contributed by atoms with Gasteiger partial charge >= 0.3 is 0 Å². The fourth-order valence-electron chi connectivity index (χ4n) is 2.54. The zero-order valence-corrected chi connectivity index (χ0v) is 13.9. The summed E-state index contributed by atoms with van der Waals surface area (Å²) in [5.74, 6) is -0.295. The van der Waals surface area contributed by atoms with E-state index in [0.29, 0.717) is 34.4 Å². The molecular formula is C18H17N5O2. The van der Waals surface area contributed by atoms with Crippen LogP contribution in [0.25, 0.3) is 11.3 Å². The van der Waals surface area contributed by atoms with Crippen molar-refractivity contribution >= 4 is 29.2 Å². The van der Waals surface area contributed by atoms with E-state index in [0.717, 1.165) is 11.4 Å². The number of amides is 1. The normalized spacial score (nSPS) is 11.5. The highest BCUT2D eigenvalue weighted by molar-refractivity contribution is 6.08. The van der Waals surface area contributed by atoms with Crippen molar-refractivity contribution in [3.63, 3.8) is 0 Å². The van der Waals surface area contributed by atoms with Crippen LogP contribution in [0.4, 0.5) is 5.69 Å². The Kier molecular flexibility index (Phi) is 4.30. The Bertz CT molecular complexity index is 987. The molecule has 0 bridgehead atoms. The molecule has 1 aromatic carbocycles. The van der Waals surface area contributed by atoms with Gasteiger partial charge in [-0.15, -0.1) is 0 Å². The summed E-state index contributed by atoms with van der Waals surface area (Å²) in [6, 6.07) is 8.79. The fourth-order valence-corrected chi connectivity index (χ4v) is 2.54. The first kappa shape index (κ1) is 16.4. The summed E-state index contributed by atoms with van der Waals surface area (Å²) >= 11 is 0. The molecule has 3 aromatic rings. The maximum Gasteiger partial charge on any atom is 0.261 e. The standard InChI is InChI=1S/C18H17N5O2/c1-11-9-12(2)23-17(21-11)15(10-20-23)18(25)22-14-5-3-13(4-6-14)16(19)7-8-24/h3-10H,19H2,1-2H3,(H,22,25). The summed E-state index contributed by atoms with van der Waals surface area (Å²) in [5, 5.41) is 7.03. The van der Waals surface area contributed by atoms with Gasteiger partial charge in [0.05, 0.1) is 6.20 Å². The highest BCUT2D eigenvalue weighted by atomic mass is 16.1. The number of fused-ring (bicyclic) bond motifs is 1. The minimum Gasteiger partial charge on any atom is -0.398 e. The van der Waals surface area contributed by atoms with Gasteiger partial charge in [-0.2, -0.15) is 5.10 Å². The average Bonchev–Trinajstić information content (AvgIpc) is 3.00. The molecule has 1 amide bonds. The molecule has 7 nitrogen and oxygen atoms in total. The molecule has 0 aliphatic carbocycles. The Morgan fingerprint density at radius 3 is 2.64 bits per heavy atom. The lowest BCUT2D eigenvalue weighted by molar-refractivity contribution is -0.104. The zero-order chi connectivity index (χ0) is 18.0. The Morgan fingerprint density at radius 1 is 1.24 bits per heavy atom. The third-order valence-corrected chi connectivity index (χ3v) is 3.75. The highest BCUT2D eigenvalue weighted by Crippen LogP contribution is 2.17. The quantitative estimate of drug-likeness (QED) is 0.561. The van der Waals surface area contributed by atoms with E-state index in [1.807, 2.05) is 19.9 Å². The summed E-state index contributed by atoms with van der Waals surface area (Å²) in [6.07, 6.45) is 3.42.